The first-order valence-electron chi connectivity index (χ1n) is 6.10. The Morgan fingerprint density at radius 3 is 2.44 bits per heavy atom. The van der Waals surface area contributed by atoms with E-state index < -0.39 is 0 Å². The van der Waals surface area contributed by atoms with Gasteiger partial charge < -0.3 is 5.32 Å². The van der Waals surface area contributed by atoms with Crippen LogP contribution >= 0.6 is 0 Å². The molecule has 1 heterocycles. The van der Waals surface area contributed by atoms with Crippen LogP contribution in [0.3, 0.4) is 0 Å². The van der Waals surface area contributed by atoms with Gasteiger partial charge in [0.25, 0.3) is 0 Å². The number of hydrogen-bond donors (Lipinski definition) is 1. The van der Waals surface area contributed by atoms with Crippen molar-refractivity contribution in [2.45, 2.75) is 47.6 Å². The molecule has 0 aliphatic carbocycles. The van der Waals surface area contributed by atoms with E-state index in [0.717, 1.165) is 25.3 Å². The molecule has 0 aliphatic rings. The lowest BCUT2D eigenvalue weighted by Gasteiger charge is -2.18. The van der Waals surface area contributed by atoms with Gasteiger partial charge in [-0.25, -0.2) is 0 Å². The van der Waals surface area contributed by atoms with Gasteiger partial charge in [-0.15, -0.1) is 0 Å². The molecule has 0 spiro atoms. The fourth-order valence-corrected chi connectivity index (χ4v) is 1.67. The quantitative estimate of drug-likeness (QED) is 0.777. The minimum absolute atomic E-state index is 0.422. The predicted octanol–water partition coefficient (Wildman–Crippen LogP) is 2.53. The van der Waals surface area contributed by atoms with Crippen molar-refractivity contribution >= 4 is 0 Å². The van der Waals surface area contributed by atoms with Crippen LogP contribution in [0.25, 0.3) is 0 Å². The average molecular weight is 223 g/mol. The number of nitrogens with zero attached hydrogens (tertiary/aromatic N) is 2. The fourth-order valence-electron chi connectivity index (χ4n) is 1.67. The summed E-state index contributed by atoms with van der Waals surface area (Å²) < 4.78 is 2.07. The fraction of sp³-hybridized carbons (Fsp3) is 0.769. The molecule has 3 heteroatoms. The summed E-state index contributed by atoms with van der Waals surface area (Å²) in [6, 6.07) is 2.12. The standard InChI is InChI=1S/C13H25N3/c1-11-10-12(2)16(15-11)9-8-14-7-6-13(3,4)5/h10,14H,6-9H2,1-5H3. The van der Waals surface area contributed by atoms with Gasteiger partial charge in [-0.3, -0.25) is 4.68 Å². The van der Waals surface area contributed by atoms with E-state index in [-0.39, 0.29) is 0 Å². The highest BCUT2D eigenvalue weighted by molar-refractivity contribution is 5.06. The third kappa shape index (κ3) is 4.79. The van der Waals surface area contributed by atoms with Crippen molar-refractivity contribution in [2.24, 2.45) is 5.41 Å². The van der Waals surface area contributed by atoms with Crippen molar-refractivity contribution in [3.63, 3.8) is 0 Å². The van der Waals surface area contributed by atoms with Crippen LogP contribution in [0.15, 0.2) is 6.07 Å². The van der Waals surface area contributed by atoms with Gasteiger partial charge >= 0.3 is 0 Å². The van der Waals surface area contributed by atoms with Crippen LogP contribution in [0.2, 0.25) is 0 Å². The molecule has 92 valence electrons. The summed E-state index contributed by atoms with van der Waals surface area (Å²) in [7, 11) is 0. The maximum atomic E-state index is 4.43. The topological polar surface area (TPSA) is 29.9 Å². The Kier molecular flexibility index (Phi) is 4.54. The lowest BCUT2D eigenvalue weighted by molar-refractivity contribution is 0.364. The van der Waals surface area contributed by atoms with Gasteiger partial charge in [0.15, 0.2) is 0 Å². The molecule has 0 fully saturated rings. The van der Waals surface area contributed by atoms with E-state index in [1.807, 2.05) is 6.92 Å². The summed E-state index contributed by atoms with van der Waals surface area (Å²) in [5, 5.41) is 7.90. The van der Waals surface area contributed by atoms with E-state index in [1.54, 1.807) is 0 Å². The van der Waals surface area contributed by atoms with Crippen LogP contribution < -0.4 is 5.32 Å². The first-order chi connectivity index (χ1) is 7.38. The maximum absolute atomic E-state index is 4.43. The number of aryl methyl sites for hydroxylation is 2. The number of nitrogens with one attached hydrogen (secondary N) is 1. The van der Waals surface area contributed by atoms with Gasteiger partial charge in [-0.2, -0.15) is 5.10 Å². The first kappa shape index (κ1) is 13.2. The van der Waals surface area contributed by atoms with E-state index in [4.69, 9.17) is 0 Å². The van der Waals surface area contributed by atoms with E-state index in [9.17, 15) is 0 Å². The summed E-state index contributed by atoms with van der Waals surface area (Å²) in [4.78, 5) is 0. The van der Waals surface area contributed by atoms with Crippen molar-refractivity contribution in [2.75, 3.05) is 13.1 Å². The van der Waals surface area contributed by atoms with Crippen LogP contribution in [0.4, 0.5) is 0 Å². The molecule has 1 aromatic rings. The second kappa shape index (κ2) is 5.48. The molecule has 0 saturated carbocycles. The molecule has 0 amide bonds. The monoisotopic (exact) mass is 223 g/mol. The molecule has 3 nitrogen and oxygen atoms in total. The van der Waals surface area contributed by atoms with E-state index >= 15 is 0 Å². The number of hydrogen-bond acceptors (Lipinski definition) is 2. The highest BCUT2D eigenvalue weighted by Crippen LogP contribution is 2.16. The average Bonchev–Trinajstić information content (AvgIpc) is 2.42. The second-order valence-electron chi connectivity index (χ2n) is 5.71. The molecule has 1 N–H and O–H groups in total. The summed E-state index contributed by atoms with van der Waals surface area (Å²) in [5.41, 5.74) is 2.77. The van der Waals surface area contributed by atoms with Crippen LogP contribution in [0.1, 0.15) is 38.6 Å². The summed E-state index contributed by atoms with van der Waals surface area (Å²) in [6.45, 7) is 14.0. The smallest absolute Gasteiger partial charge is 0.0596 e. The Balaban J connectivity index is 2.19. The molecule has 0 aromatic carbocycles. The minimum Gasteiger partial charge on any atom is -0.315 e. The van der Waals surface area contributed by atoms with Crippen molar-refractivity contribution in [3.05, 3.63) is 17.5 Å². The molecule has 1 aromatic heterocycles. The van der Waals surface area contributed by atoms with Gasteiger partial charge in [0.2, 0.25) is 0 Å². The molecule has 0 atom stereocenters. The zero-order valence-corrected chi connectivity index (χ0v) is 11.3. The molecule has 16 heavy (non-hydrogen) atoms. The van der Waals surface area contributed by atoms with Gasteiger partial charge in [-0.05, 0) is 38.3 Å². The number of aromatic nitrogens is 2. The van der Waals surface area contributed by atoms with Gasteiger partial charge in [0.1, 0.15) is 0 Å². The SMILES string of the molecule is Cc1cc(C)n(CCNCCC(C)(C)C)n1. The Morgan fingerprint density at radius 2 is 1.94 bits per heavy atom. The molecule has 0 saturated heterocycles. The molecule has 0 bridgehead atoms. The molecular formula is C13H25N3. The summed E-state index contributed by atoms with van der Waals surface area (Å²) in [6.07, 6.45) is 1.21. The predicted molar refractivity (Wildman–Crippen MR) is 68.6 cm³/mol. The van der Waals surface area contributed by atoms with Crippen LogP contribution in [0, 0.1) is 19.3 Å². The first-order valence-corrected chi connectivity index (χ1v) is 6.10. The molecule has 0 aliphatic heterocycles. The zero-order valence-electron chi connectivity index (χ0n) is 11.3. The lowest BCUT2D eigenvalue weighted by Crippen LogP contribution is -2.25. The van der Waals surface area contributed by atoms with E-state index in [1.165, 1.54) is 12.1 Å². The van der Waals surface area contributed by atoms with E-state index in [2.05, 4.69) is 48.9 Å². The van der Waals surface area contributed by atoms with Crippen molar-refractivity contribution in [1.82, 2.24) is 15.1 Å². The van der Waals surface area contributed by atoms with Gasteiger partial charge in [0.05, 0.1) is 12.2 Å². The third-order valence-electron chi connectivity index (χ3n) is 2.66. The summed E-state index contributed by atoms with van der Waals surface area (Å²) in [5.74, 6) is 0. The molecule has 0 unspecified atom stereocenters. The van der Waals surface area contributed by atoms with Crippen molar-refractivity contribution in [1.29, 1.82) is 0 Å². The van der Waals surface area contributed by atoms with Crippen LogP contribution in [0.5, 0.6) is 0 Å². The Labute approximate surface area is 99.2 Å². The van der Waals surface area contributed by atoms with Crippen LogP contribution in [-0.4, -0.2) is 22.9 Å². The van der Waals surface area contributed by atoms with Crippen molar-refractivity contribution in [3.8, 4) is 0 Å². The summed E-state index contributed by atoms with van der Waals surface area (Å²) >= 11 is 0. The Bertz CT molecular complexity index is 320. The zero-order chi connectivity index (χ0) is 12.2. The normalized spacial score (nSPS) is 12.1. The number of rotatable bonds is 5. The maximum Gasteiger partial charge on any atom is 0.0596 e. The Hall–Kier alpha value is -0.830. The van der Waals surface area contributed by atoms with Gasteiger partial charge in [-0.1, -0.05) is 20.8 Å². The second-order valence-corrected chi connectivity index (χ2v) is 5.71. The highest BCUT2D eigenvalue weighted by Gasteiger charge is 2.08. The largest absolute Gasteiger partial charge is 0.315 e. The minimum atomic E-state index is 0.422. The third-order valence-corrected chi connectivity index (χ3v) is 2.66. The lowest BCUT2D eigenvalue weighted by atomic mass is 9.92. The van der Waals surface area contributed by atoms with E-state index in [0.29, 0.717) is 5.41 Å². The molecular weight excluding hydrogens is 198 g/mol. The Morgan fingerprint density at radius 1 is 1.25 bits per heavy atom. The highest BCUT2D eigenvalue weighted by atomic mass is 15.3. The van der Waals surface area contributed by atoms with Gasteiger partial charge in [0, 0.05) is 12.2 Å². The van der Waals surface area contributed by atoms with Crippen molar-refractivity contribution < 1.29 is 0 Å². The molecule has 1 rings (SSSR count). The van der Waals surface area contributed by atoms with Crippen LogP contribution in [-0.2, 0) is 6.54 Å². The molecule has 0 radical (unpaired) electrons.